The van der Waals surface area contributed by atoms with Gasteiger partial charge in [-0.05, 0) is 24.8 Å². The van der Waals surface area contributed by atoms with Crippen LogP contribution in [0.2, 0.25) is 0 Å². The first-order valence-electron chi connectivity index (χ1n) is 7.36. The number of benzene rings is 1. The number of rotatable bonds is 3. The SMILES string of the molecule is O=C(CCl)N1CCN(Cc2ccccc2)C2(CCC2)C1. The lowest BCUT2D eigenvalue weighted by Crippen LogP contribution is -2.66. The first-order valence-corrected chi connectivity index (χ1v) is 7.90. The first kappa shape index (κ1) is 13.9. The fraction of sp³-hybridized carbons (Fsp3) is 0.562. The molecule has 0 N–H and O–H groups in total. The molecule has 108 valence electrons. The molecule has 1 heterocycles. The van der Waals surface area contributed by atoms with E-state index in [1.54, 1.807) is 0 Å². The zero-order valence-corrected chi connectivity index (χ0v) is 12.5. The maximum absolute atomic E-state index is 11.8. The highest BCUT2D eigenvalue weighted by atomic mass is 35.5. The molecule has 1 aliphatic heterocycles. The molecule has 4 heteroatoms. The number of alkyl halides is 1. The van der Waals surface area contributed by atoms with E-state index in [1.807, 2.05) is 4.90 Å². The van der Waals surface area contributed by atoms with Crippen molar-refractivity contribution in [2.24, 2.45) is 0 Å². The van der Waals surface area contributed by atoms with Crippen LogP contribution in [0.3, 0.4) is 0 Å². The maximum atomic E-state index is 11.8. The molecule has 1 aromatic carbocycles. The zero-order chi connectivity index (χ0) is 14.0. The van der Waals surface area contributed by atoms with Crippen LogP contribution in [0.4, 0.5) is 0 Å². The second-order valence-corrected chi connectivity index (χ2v) is 6.20. The fourth-order valence-corrected chi connectivity index (χ4v) is 3.59. The van der Waals surface area contributed by atoms with Crippen LogP contribution < -0.4 is 0 Å². The third-order valence-corrected chi connectivity index (χ3v) is 4.99. The Morgan fingerprint density at radius 2 is 1.95 bits per heavy atom. The molecular weight excluding hydrogens is 272 g/mol. The summed E-state index contributed by atoms with van der Waals surface area (Å²) in [5.41, 5.74) is 1.56. The lowest BCUT2D eigenvalue weighted by molar-refractivity contribution is -0.138. The highest BCUT2D eigenvalue weighted by Gasteiger charge is 2.46. The predicted molar refractivity (Wildman–Crippen MR) is 80.7 cm³/mol. The number of hydrogen-bond donors (Lipinski definition) is 0. The van der Waals surface area contributed by atoms with Crippen LogP contribution in [0, 0.1) is 0 Å². The molecule has 1 amide bonds. The fourth-order valence-electron chi connectivity index (χ4n) is 3.42. The van der Waals surface area contributed by atoms with Crippen LogP contribution in [0.1, 0.15) is 24.8 Å². The molecule has 3 nitrogen and oxygen atoms in total. The van der Waals surface area contributed by atoms with Gasteiger partial charge in [-0.3, -0.25) is 9.69 Å². The Balaban J connectivity index is 1.71. The van der Waals surface area contributed by atoms with Crippen LogP contribution in [0.5, 0.6) is 0 Å². The molecule has 1 saturated heterocycles. The Bertz CT molecular complexity index is 473. The van der Waals surface area contributed by atoms with Crippen LogP contribution >= 0.6 is 11.6 Å². The van der Waals surface area contributed by atoms with Crippen molar-refractivity contribution in [1.82, 2.24) is 9.80 Å². The molecule has 0 unspecified atom stereocenters. The van der Waals surface area contributed by atoms with Crippen molar-refractivity contribution in [1.29, 1.82) is 0 Å². The Kier molecular flexibility index (Phi) is 3.99. The van der Waals surface area contributed by atoms with E-state index in [0.29, 0.717) is 0 Å². The van der Waals surface area contributed by atoms with E-state index < -0.39 is 0 Å². The number of piperazine rings is 1. The molecule has 0 bridgehead atoms. The normalized spacial score (nSPS) is 21.8. The van der Waals surface area contributed by atoms with Crippen molar-refractivity contribution in [2.75, 3.05) is 25.5 Å². The summed E-state index contributed by atoms with van der Waals surface area (Å²) in [5, 5.41) is 0. The smallest absolute Gasteiger partial charge is 0.237 e. The average Bonchev–Trinajstić information content (AvgIpc) is 2.46. The molecule has 1 aliphatic carbocycles. The number of carbonyl (C=O) groups is 1. The number of halogens is 1. The largest absolute Gasteiger partial charge is 0.339 e. The molecule has 0 atom stereocenters. The second-order valence-electron chi connectivity index (χ2n) is 5.93. The average molecular weight is 293 g/mol. The van der Waals surface area contributed by atoms with Crippen molar-refractivity contribution >= 4 is 17.5 Å². The van der Waals surface area contributed by atoms with Crippen LogP contribution in [0.25, 0.3) is 0 Å². The summed E-state index contributed by atoms with van der Waals surface area (Å²) in [7, 11) is 0. The number of amides is 1. The Morgan fingerprint density at radius 1 is 1.20 bits per heavy atom. The Hall–Kier alpha value is -1.06. The van der Waals surface area contributed by atoms with Gasteiger partial charge in [0.1, 0.15) is 5.88 Å². The van der Waals surface area contributed by atoms with Gasteiger partial charge in [0.05, 0.1) is 0 Å². The van der Waals surface area contributed by atoms with E-state index in [9.17, 15) is 4.79 Å². The summed E-state index contributed by atoms with van der Waals surface area (Å²) in [5.74, 6) is 0.187. The monoisotopic (exact) mass is 292 g/mol. The Labute approximate surface area is 125 Å². The molecule has 2 aliphatic rings. The van der Waals surface area contributed by atoms with Crippen molar-refractivity contribution in [2.45, 2.75) is 31.3 Å². The predicted octanol–water partition coefficient (Wildman–Crippen LogP) is 2.49. The van der Waals surface area contributed by atoms with Gasteiger partial charge < -0.3 is 4.90 Å². The van der Waals surface area contributed by atoms with Gasteiger partial charge in [0.2, 0.25) is 5.91 Å². The van der Waals surface area contributed by atoms with E-state index in [1.165, 1.54) is 24.8 Å². The van der Waals surface area contributed by atoms with Gasteiger partial charge in [-0.2, -0.15) is 0 Å². The molecule has 3 rings (SSSR count). The molecule has 0 aromatic heterocycles. The van der Waals surface area contributed by atoms with Gasteiger partial charge in [-0.1, -0.05) is 30.3 Å². The van der Waals surface area contributed by atoms with E-state index in [2.05, 4.69) is 35.2 Å². The van der Waals surface area contributed by atoms with E-state index in [-0.39, 0.29) is 17.3 Å². The quantitative estimate of drug-likeness (QED) is 0.799. The molecule has 2 fully saturated rings. The topological polar surface area (TPSA) is 23.6 Å². The summed E-state index contributed by atoms with van der Waals surface area (Å²) in [6, 6.07) is 10.6. The van der Waals surface area contributed by atoms with Crippen LogP contribution in [0.15, 0.2) is 30.3 Å². The molecule has 20 heavy (non-hydrogen) atoms. The third kappa shape index (κ3) is 2.57. The lowest BCUT2D eigenvalue weighted by Gasteiger charge is -2.56. The summed E-state index contributed by atoms with van der Waals surface area (Å²) in [4.78, 5) is 16.4. The molecule has 1 aromatic rings. The van der Waals surface area contributed by atoms with Gasteiger partial charge >= 0.3 is 0 Å². The zero-order valence-electron chi connectivity index (χ0n) is 11.7. The summed E-state index contributed by atoms with van der Waals surface area (Å²) >= 11 is 5.70. The van der Waals surface area contributed by atoms with Gasteiger partial charge in [0.15, 0.2) is 0 Å². The summed E-state index contributed by atoms with van der Waals surface area (Å²) in [6.07, 6.45) is 3.67. The number of carbonyl (C=O) groups excluding carboxylic acids is 1. The molecule has 0 radical (unpaired) electrons. The minimum atomic E-state index is 0.0808. The van der Waals surface area contributed by atoms with Crippen molar-refractivity contribution < 1.29 is 4.79 Å². The molecule has 1 spiro atoms. The minimum Gasteiger partial charge on any atom is -0.339 e. The lowest BCUT2D eigenvalue weighted by atomic mass is 9.73. The number of hydrogen-bond acceptors (Lipinski definition) is 2. The number of nitrogens with zero attached hydrogens (tertiary/aromatic N) is 2. The summed E-state index contributed by atoms with van der Waals surface area (Å²) in [6.45, 7) is 3.60. The van der Waals surface area contributed by atoms with Gasteiger partial charge in [-0.25, -0.2) is 0 Å². The highest BCUT2D eigenvalue weighted by Crippen LogP contribution is 2.41. The second kappa shape index (κ2) is 5.74. The van der Waals surface area contributed by atoms with Crippen molar-refractivity contribution in [3.63, 3.8) is 0 Å². The Morgan fingerprint density at radius 3 is 2.55 bits per heavy atom. The molecule has 1 saturated carbocycles. The van der Waals surface area contributed by atoms with Crippen molar-refractivity contribution in [3.8, 4) is 0 Å². The third-order valence-electron chi connectivity index (χ3n) is 4.76. The van der Waals surface area contributed by atoms with E-state index >= 15 is 0 Å². The minimum absolute atomic E-state index is 0.0808. The van der Waals surface area contributed by atoms with Gasteiger partial charge in [-0.15, -0.1) is 11.6 Å². The van der Waals surface area contributed by atoms with Crippen LogP contribution in [-0.2, 0) is 11.3 Å². The van der Waals surface area contributed by atoms with E-state index in [4.69, 9.17) is 11.6 Å². The first-order chi connectivity index (χ1) is 9.73. The van der Waals surface area contributed by atoms with Crippen LogP contribution in [-0.4, -0.2) is 46.8 Å². The highest BCUT2D eigenvalue weighted by molar-refractivity contribution is 6.27. The van der Waals surface area contributed by atoms with Gasteiger partial charge in [0, 0.05) is 31.7 Å². The van der Waals surface area contributed by atoms with E-state index in [0.717, 1.165) is 26.2 Å². The summed E-state index contributed by atoms with van der Waals surface area (Å²) < 4.78 is 0. The standard InChI is InChI=1S/C16H21ClN2O/c17-11-15(20)18-9-10-19(16(13-18)7-4-8-16)12-14-5-2-1-3-6-14/h1-3,5-6H,4,7-13H2. The van der Waals surface area contributed by atoms with Crippen molar-refractivity contribution in [3.05, 3.63) is 35.9 Å². The molecular formula is C16H21ClN2O. The maximum Gasteiger partial charge on any atom is 0.237 e. The van der Waals surface area contributed by atoms with Gasteiger partial charge in [0.25, 0.3) is 0 Å².